The van der Waals surface area contributed by atoms with Crippen molar-refractivity contribution in [3.05, 3.63) is 12.8 Å². The molecule has 0 spiro atoms. The zero-order valence-corrected chi connectivity index (χ0v) is 9.28. The van der Waals surface area contributed by atoms with E-state index in [1.54, 1.807) is 0 Å². The predicted octanol–water partition coefficient (Wildman–Crippen LogP) is 2.70. The molecule has 0 heterocycles. The highest BCUT2D eigenvalue weighted by atomic mass is 32.2. The van der Waals surface area contributed by atoms with Crippen molar-refractivity contribution < 1.29 is 9.47 Å². The van der Waals surface area contributed by atoms with E-state index < -0.39 is 0 Å². The topological polar surface area (TPSA) is 18.5 Å². The van der Waals surface area contributed by atoms with Gasteiger partial charge in [0.2, 0.25) is 0 Å². The van der Waals surface area contributed by atoms with Crippen molar-refractivity contribution in [3.63, 3.8) is 0 Å². The molecule has 0 saturated carbocycles. The summed E-state index contributed by atoms with van der Waals surface area (Å²) in [6.07, 6.45) is 3.86. The highest BCUT2D eigenvalue weighted by Gasteiger charge is 1.90. The van der Waals surface area contributed by atoms with Gasteiger partial charge in [-0.05, 0) is 6.42 Å². The Hall–Kier alpha value is -0.150. The summed E-state index contributed by atoms with van der Waals surface area (Å²) in [5, 5.41) is 0. The molecule has 0 aromatic rings. The highest BCUT2D eigenvalue weighted by molar-refractivity contribution is 7.99. The molecule has 0 unspecified atom stereocenters. The second-order valence-electron chi connectivity index (χ2n) is 2.62. The third kappa shape index (κ3) is 11.9. The van der Waals surface area contributed by atoms with E-state index in [1.807, 2.05) is 11.8 Å². The van der Waals surface area contributed by atoms with Crippen molar-refractivity contribution in [1.29, 1.82) is 0 Å². The largest absolute Gasteiger partial charge is 0.501 e. The van der Waals surface area contributed by atoms with Crippen molar-refractivity contribution in [1.82, 2.24) is 0 Å². The molecular formula is C10H20O2S. The van der Waals surface area contributed by atoms with Gasteiger partial charge in [0.05, 0.1) is 19.5 Å². The molecule has 0 aromatic heterocycles. The maximum Gasteiger partial charge on any atom is 0.0963 e. The molecular weight excluding hydrogens is 184 g/mol. The van der Waals surface area contributed by atoms with Gasteiger partial charge in [-0.1, -0.05) is 19.9 Å². The molecule has 0 aromatic carbocycles. The van der Waals surface area contributed by atoms with Crippen LogP contribution in [0, 0.1) is 0 Å². The number of rotatable bonds is 10. The van der Waals surface area contributed by atoms with Crippen LogP contribution in [0.1, 0.15) is 19.8 Å². The van der Waals surface area contributed by atoms with Gasteiger partial charge in [-0.15, -0.1) is 0 Å². The lowest BCUT2D eigenvalue weighted by atomic mass is 10.4. The summed E-state index contributed by atoms with van der Waals surface area (Å²) in [6.45, 7) is 8.16. The van der Waals surface area contributed by atoms with E-state index >= 15 is 0 Å². The van der Waals surface area contributed by atoms with Crippen molar-refractivity contribution in [2.24, 2.45) is 0 Å². The monoisotopic (exact) mass is 204 g/mol. The number of ether oxygens (including phenoxy) is 2. The molecule has 13 heavy (non-hydrogen) atoms. The number of unbranched alkanes of at least 4 members (excludes halogenated alkanes) is 1. The third-order valence-corrected chi connectivity index (χ3v) is 2.39. The molecule has 0 aliphatic rings. The highest BCUT2D eigenvalue weighted by Crippen LogP contribution is 1.99. The standard InChI is InChI=1S/C10H20O2S/c1-3-5-6-12-8-10-13-9-7-11-4-2/h4H,2-3,5-10H2,1H3. The fourth-order valence-electron chi connectivity index (χ4n) is 0.759. The lowest BCUT2D eigenvalue weighted by Gasteiger charge is -2.03. The van der Waals surface area contributed by atoms with Gasteiger partial charge in [0, 0.05) is 18.1 Å². The minimum atomic E-state index is 0.753. The molecule has 3 heteroatoms. The van der Waals surface area contributed by atoms with E-state index in [1.165, 1.54) is 19.1 Å². The maximum atomic E-state index is 5.40. The molecule has 2 nitrogen and oxygen atoms in total. The van der Waals surface area contributed by atoms with Crippen LogP contribution in [0.2, 0.25) is 0 Å². The molecule has 0 rings (SSSR count). The fraction of sp³-hybridized carbons (Fsp3) is 0.800. The second-order valence-corrected chi connectivity index (χ2v) is 3.84. The Balaban J connectivity index is 2.79. The molecule has 0 aliphatic carbocycles. The molecule has 0 aliphatic heterocycles. The zero-order chi connectivity index (χ0) is 9.78. The summed E-state index contributed by atoms with van der Waals surface area (Å²) >= 11 is 1.85. The van der Waals surface area contributed by atoms with Crippen molar-refractivity contribution in [3.8, 4) is 0 Å². The van der Waals surface area contributed by atoms with Crippen LogP contribution in [0.5, 0.6) is 0 Å². The average Bonchev–Trinajstić information content (AvgIpc) is 2.16. The van der Waals surface area contributed by atoms with Gasteiger partial charge in [0.25, 0.3) is 0 Å². The lowest BCUT2D eigenvalue weighted by Crippen LogP contribution is -2.00. The maximum absolute atomic E-state index is 5.40. The van der Waals surface area contributed by atoms with Crippen LogP contribution in [0.4, 0.5) is 0 Å². The van der Waals surface area contributed by atoms with Crippen molar-refractivity contribution in [2.75, 3.05) is 31.3 Å². The summed E-state index contributed by atoms with van der Waals surface area (Å²) < 4.78 is 10.4. The number of thioether (sulfide) groups is 1. The Morgan fingerprint density at radius 3 is 2.69 bits per heavy atom. The van der Waals surface area contributed by atoms with Crippen molar-refractivity contribution in [2.45, 2.75) is 19.8 Å². The molecule has 0 amide bonds. The first-order valence-corrected chi connectivity index (χ1v) is 5.95. The van der Waals surface area contributed by atoms with Gasteiger partial charge in [0.1, 0.15) is 0 Å². The summed E-state index contributed by atoms with van der Waals surface area (Å²) in [6, 6.07) is 0. The van der Waals surface area contributed by atoms with Gasteiger partial charge in [-0.25, -0.2) is 0 Å². The number of hydrogen-bond donors (Lipinski definition) is 0. The van der Waals surface area contributed by atoms with E-state index in [4.69, 9.17) is 9.47 Å². The summed E-state index contributed by atoms with van der Waals surface area (Å²) in [7, 11) is 0. The smallest absolute Gasteiger partial charge is 0.0963 e. The Labute approximate surface area is 85.7 Å². The van der Waals surface area contributed by atoms with Gasteiger partial charge in [0.15, 0.2) is 0 Å². The normalized spacial score (nSPS) is 9.92. The first-order valence-electron chi connectivity index (χ1n) is 4.79. The van der Waals surface area contributed by atoms with E-state index in [-0.39, 0.29) is 0 Å². The number of hydrogen-bond acceptors (Lipinski definition) is 3. The minimum Gasteiger partial charge on any atom is -0.501 e. The fourth-order valence-corrected chi connectivity index (χ4v) is 1.41. The summed E-state index contributed by atoms with van der Waals surface area (Å²) in [5.74, 6) is 2.08. The van der Waals surface area contributed by atoms with Crippen LogP contribution in [0.3, 0.4) is 0 Å². The van der Waals surface area contributed by atoms with Gasteiger partial charge < -0.3 is 9.47 Å². The lowest BCUT2D eigenvalue weighted by molar-refractivity contribution is 0.147. The Morgan fingerprint density at radius 2 is 2.00 bits per heavy atom. The van der Waals surface area contributed by atoms with E-state index in [0.29, 0.717) is 0 Å². The van der Waals surface area contributed by atoms with E-state index in [9.17, 15) is 0 Å². The van der Waals surface area contributed by atoms with Crippen LogP contribution < -0.4 is 0 Å². The van der Waals surface area contributed by atoms with Crippen LogP contribution in [-0.2, 0) is 9.47 Å². The summed E-state index contributed by atoms with van der Waals surface area (Å²) in [4.78, 5) is 0. The quantitative estimate of drug-likeness (QED) is 0.403. The van der Waals surface area contributed by atoms with Crippen LogP contribution in [-0.4, -0.2) is 31.3 Å². The van der Waals surface area contributed by atoms with Gasteiger partial charge in [-0.2, -0.15) is 11.8 Å². The average molecular weight is 204 g/mol. The SMILES string of the molecule is C=COCCSCCOCCCC. The predicted molar refractivity (Wildman–Crippen MR) is 59.2 cm³/mol. The molecule has 0 atom stereocenters. The van der Waals surface area contributed by atoms with Crippen LogP contribution in [0.15, 0.2) is 12.8 Å². The molecule has 0 N–H and O–H groups in total. The molecule has 0 bridgehead atoms. The molecule has 0 saturated heterocycles. The van der Waals surface area contributed by atoms with Crippen LogP contribution in [0.25, 0.3) is 0 Å². The minimum absolute atomic E-state index is 0.753. The molecule has 0 fully saturated rings. The second kappa shape index (κ2) is 11.8. The molecule has 0 radical (unpaired) electrons. The van der Waals surface area contributed by atoms with E-state index in [0.717, 1.165) is 31.3 Å². The van der Waals surface area contributed by atoms with Crippen LogP contribution >= 0.6 is 11.8 Å². The third-order valence-electron chi connectivity index (χ3n) is 1.48. The van der Waals surface area contributed by atoms with E-state index in [2.05, 4.69) is 13.5 Å². The van der Waals surface area contributed by atoms with Gasteiger partial charge in [-0.3, -0.25) is 0 Å². The Bertz CT molecular complexity index is 107. The zero-order valence-electron chi connectivity index (χ0n) is 8.46. The Morgan fingerprint density at radius 1 is 1.23 bits per heavy atom. The summed E-state index contributed by atoms with van der Waals surface area (Å²) in [5.41, 5.74) is 0. The van der Waals surface area contributed by atoms with Gasteiger partial charge >= 0.3 is 0 Å². The van der Waals surface area contributed by atoms with Crippen molar-refractivity contribution >= 4 is 11.8 Å². The first-order chi connectivity index (χ1) is 6.41. The Kier molecular flexibility index (Phi) is 11.7. The molecule has 78 valence electrons. The first kappa shape index (κ1) is 12.8.